The minimum absolute atomic E-state index is 0.210. The summed E-state index contributed by atoms with van der Waals surface area (Å²) in [5.41, 5.74) is 6.22. The van der Waals surface area contributed by atoms with Crippen molar-refractivity contribution in [3.05, 3.63) is 12.2 Å². The third-order valence-electron chi connectivity index (χ3n) is 1.90. The highest BCUT2D eigenvalue weighted by atomic mass is 16.1. The lowest BCUT2D eigenvalue weighted by molar-refractivity contribution is -0.118. The first kappa shape index (κ1) is 12.2. The van der Waals surface area contributed by atoms with Crippen molar-refractivity contribution in [2.24, 2.45) is 5.73 Å². The highest BCUT2D eigenvalue weighted by Gasteiger charge is 1.94. The number of hydrogen-bond acceptors (Lipinski definition) is 2. The third kappa shape index (κ3) is 9.08. The molecule has 0 aliphatic heterocycles. The molecule has 76 valence electrons. The van der Waals surface area contributed by atoms with E-state index in [0.717, 1.165) is 32.4 Å². The Hall–Kier alpha value is -0.830. The van der Waals surface area contributed by atoms with Gasteiger partial charge in [0.25, 0.3) is 0 Å². The summed E-state index contributed by atoms with van der Waals surface area (Å²) in [7, 11) is 0. The van der Waals surface area contributed by atoms with E-state index >= 15 is 0 Å². The van der Waals surface area contributed by atoms with Gasteiger partial charge in [0.2, 0.25) is 5.91 Å². The molecule has 3 N–H and O–H groups in total. The maximum absolute atomic E-state index is 10.4. The molecule has 0 aliphatic rings. The molecule has 0 rings (SSSR count). The fraction of sp³-hybridized carbons (Fsp3) is 0.700. The van der Waals surface area contributed by atoms with Crippen molar-refractivity contribution < 1.29 is 4.79 Å². The quantitative estimate of drug-likeness (QED) is 0.440. The van der Waals surface area contributed by atoms with Gasteiger partial charge in [-0.2, -0.15) is 0 Å². The van der Waals surface area contributed by atoms with Crippen LogP contribution in [0, 0.1) is 0 Å². The first-order valence-corrected chi connectivity index (χ1v) is 4.82. The first-order chi connectivity index (χ1) is 6.16. The van der Waals surface area contributed by atoms with Gasteiger partial charge < -0.3 is 11.1 Å². The summed E-state index contributed by atoms with van der Waals surface area (Å²) in [6, 6.07) is 0. The van der Waals surface area contributed by atoms with Gasteiger partial charge in [0, 0.05) is 13.0 Å². The maximum Gasteiger partial charge on any atom is 0.217 e. The summed E-state index contributed by atoms with van der Waals surface area (Å²) in [6.07, 6.45) is 3.39. The monoisotopic (exact) mass is 184 g/mol. The number of carbonyl (C=O) groups excluding carboxylic acids is 1. The molecule has 0 saturated heterocycles. The largest absolute Gasteiger partial charge is 0.370 e. The molecule has 0 radical (unpaired) electrons. The van der Waals surface area contributed by atoms with Gasteiger partial charge in [0.1, 0.15) is 0 Å². The number of carbonyl (C=O) groups is 1. The summed E-state index contributed by atoms with van der Waals surface area (Å²) in [4.78, 5) is 10.4. The van der Waals surface area contributed by atoms with Crippen LogP contribution < -0.4 is 11.1 Å². The molecule has 0 aromatic carbocycles. The van der Waals surface area contributed by atoms with Crippen LogP contribution in [0.4, 0.5) is 0 Å². The predicted molar refractivity (Wildman–Crippen MR) is 55.3 cm³/mol. The van der Waals surface area contributed by atoms with Crippen LogP contribution in [-0.2, 0) is 4.79 Å². The van der Waals surface area contributed by atoms with Crippen molar-refractivity contribution in [1.82, 2.24) is 5.32 Å². The summed E-state index contributed by atoms with van der Waals surface area (Å²) >= 11 is 0. The fourth-order valence-corrected chi connectivity index (χ4v) is 0.939. The first-order valence-electron chi connectivity index (χ1n) is 4.82. The topological polar surface area (TPSA) is 55.1 Å². The predicted octanol–water partition coefficient (Wildman–Crippen LogP) is 1.20. The van der Waals surface area contributed by atoms with Crippen LogP contribution in [0.3, 0.4) is 0 Å². The van der Waals surface area contributed by atoms with Gasteiger partial charge in [-0.15, -0.1) is 0 Å². The second-order valence-corrected chi connectivity index (χ2v) is 3.20. The lowest BCUT2D eigenvalue weighted by Crippen LogP contribution is -2.18. The minimum Gasteiger partial charge on any atom is -0.370 e. The van der Waals surface area contributed by atoms with Crippen molar-refractivity contribution in [2.75, 3.05) is 13.1 Å². The number of rotatable bonds is 8. The van der Waals surface area contributed by atoms with Gasteiger partial charge in [-0.1, -0.05) is 19.1 Å². The summed E-state index contributed by atoms with van der Waals surface area (Å²) in [5.74, 6) is -0.210. The number of primary amides is 1. The van der Waals surface area contributed by atoms with Crippen molar-refractivity contribution in [3.63, 3.8) is 0 Å². The average molecular weight is 184 g/mol. The zero-order valence-electron chi connectivity index (χ0n) is 8.44. The molecule has 0 heterocycles. The van der Waals surface area contributed by atoms with E-state index in [1.54, 1.807) is 0 Å². The van der Waals surface area contributed by atoms with Gasteiger partial charge in [-0.25, -0.2) is 0 Å². The summed E-state index contributed by atoms with van der Waals surface area (Å²) in [6.45, 7) is 7.80. The highest BCUT2D eigenvalue weighted by Crippen LogP contribution is 1.95. The highest BCUT2D eigenvalue weighted by molar-refractivity contribution is 5.73. The Morgan fingerprint density at radius 2 is 2.15 bits per heavy atom. The molecular weight excluding hydrogens is 164 g/mol. The Morgan fingerprint density at radius 3 is 2.69 bits per heavy atom. The second kappa shape index (κ2) is 7.80. The molecule has 13 heavy (non-hydrogen) atoms. The Bertz CT molecular complexity index is 166. The van der Waals surface area contributed by atoms with Crippen molar-refractivity contribution in [2.45, 2.75) is 32.6 Å². The fourth-order valence-electron chi connectivity index (χ4n) is 0.939. The summed E-state index contributed by atoms with van der Waals surface area (Å²) in [5, 5.41) is 3.26. The van der Waals surface area contributed by atoms with E-state index in [1.807, 2.05) is 0 Å². The molecule has 3 nitrogen and oxygen atoms in total. The second-order valence-electron chi connectivity index (χ2n) is 3.20. The normalized spacial score (nSPS) is 9.92. The lowest BCUT2D eigenvalue weighted by atomic mass is 10.2. The van der Waals surface area contributed by atoms with E-state index in [9.17, 15) is 4.79 Å². The summed E-state index contributed by atoms with van der Waals surface area (Å²) < 4.78 is 0. The van der Waals surface area contributed by atoms with Crippen LogP contribution in [0.1, 0.15) is 32.6 Å². The van der Waals surface area contributed by atoms with Crippen LogP contribution in [0.15, 0.2) is 12.2 Å². The van der Waals surface area contributed by atoms with Crippen LogP contribution in [0.5, 0.6) is 0 Å². The molecular formula is C10H20N2O. The van der Waals surface area contributed by atoms with E-state index in [0.29, 0.717) is 6.42 Å². The Labute approximate surface area is 80.4 Å². The zero-order valence-corrected chi connectivity index (χ0v) is 8.44. The number of unbranched alkanes of at least 4 members (excludes halogenated alkanes) is 1. The van der Waals surface area contributed by atoms with Crippen LogP contribution in [-0.4, -0.2) is 19.0 Å². The SMILES string of the molecule is C=C(CC)CNCCCCC(N)=O. The molecule has 0 spiro atoms. The Kier molecular flexibility index (Phi) is 7.30. The Balaban J connectivity index is 3.08. The maximum atomic E-state index is 10.4. The van der Waals surface area contributed by atoms with E-state index < -0.39 is 0 Å². The molecule has 0 unspecified atom stereocenters. The zero-order chi connectivity index (χ0) is 10.1. The minimum atomic E-state index is -0.210. The molecule has 1 amide bonds. The van der Waals surface area contributed by atoms with Gasteiger partial charge >= 0.3 is 0 Å². The van der Waals surface area contributed by atoms with Crippen molar-refractivity contribution >= 4 is 5.91 Å². The van der Waals surface area contributed by atoms with Crippen LogP contribution >= 0.6 is 0 Å². The van der Waals surface area contributed by atoms with E-state index in [4.69, 9.17) is 5.73 Å². The standard InChI is InChI=1S/C10H20N2O/c1-3-9(2)8-12-7-5-4-6-10(11)13/h12H,2-8H2,1H3,(H2,11,13). The van der Waals surface area contributed by atoms with Gasteiger partial charge in [-0.05, 0) is 25.8 Å². The third-order valence-corrected chi connectivity index (χ3v) is 1.90. The van der Waals surface area contributed by atoms with E-state index in [-0.39, 0.29) is 5.91 Å². The molecule has 0 saturated carbocycles. The molecule has 0 atom stereocenters. The average Bonchev–Trinajstić information content (AvgIpc) is 2.10. The smallest absolute Gasteiger partial charge is 0.217 e. The molecule has 3 heteroatoms. The van der Waals surface area contributed by atoms with Crippen LogP contribution in [0.2, 0.25) is 0 Å². The van der Waals surface area contributed by atoms with Gasteiger partial charge in [-0.3, -0.25) is 4.79 Å². The van der Waals surface area contributed by atoms with Gasteiger partial charge in [0.15, 0.2) is 0 Å². The molecule has 0 aromatic heterocycles. The van der Waals surface area contributed by atoms with E-state index in [2.05, 4.69) is 18.8 Å². The molecule has 0 fully saturated rings. The number of amides is 1. The molecule has 0 aromatic rings. The van der Waals surface area contributed by atoms with E-state index in [1.165, 1.54) is 5.57 Å². The molecule has 0 bridgehead atoms. The van der Waals surface area contributed by atoms with Crippen molar-refractivity contribution in [3.8, 4) is 0 Å². The number of nitrogens with one attached hydrogen (secondary N) is 1. The number of nitrogens with two attached hydrogens (primary N) is 1. The van der Waals surface area contributed by atoms with Crippen LogP contribution in [0.25, 0.3) is 0 Å². The van der Waals surface area contributed by atoms with Gasteiger partial charge in [0.05, 0.1) is 0 Å². The molecule has 0 aliphatic carbocycles. The Morgan fingerprint density at radius 1 is 1.46 bits per heavy atom. The number of hydrogen-bond donors (Lipinski definition) is 2. The van der Waals surface area contributed by atoms with Crippen molar-refractivity contribution in [1.29, 1.82) is 0 Å². The lowest BCUT2D eigenvalue weighted by Gasteiger charge is -2.04.